The molecule has 0 aliphatic carbocycles. The second kappa shape index (κ2) is 7.49. The second-order valence-corrected chi connectivity index (χ2v) is 3.57. The Balaban J connectivity index is 2.07. The lowest BCUT2D eigenvalue weighted by Crippen LogP contribution is -2.08. The molecule has 0 radical (unpaired) electrons. The van der Waals surface area contributed by atoms with Crippen molar-refractivity contribution in [1.29, 1.82) is 0 Å². The highest BCUT2D eigenvalue weighted by molar-refractivity contribution is 6.30. The van der Waals surface area contributed by atoms with E-state index in [-0.39, 0.29) is 0 Å². The zero-order valence-electron chi connectivity index (χ0n) is 8.91. The second-order valence-electron chi connectivity index (χ2n) is 3.13. The molecule has 0 N–H and O–H groups in total. The molecule has 1 aromatic heterocycles. The fourth-order valence-electron chi connectivity index (χ4n) is 1.00. The van der Waals surface area contributed by atoms with Gasteiger partial charge >= 0.3 is 0 Å². The van der Waals surface area contributed by atoms with Crippen molar-refractivity contribution in [1.82, 2.24) is 4.98 Å². The molecule has 84 valence electrons. The van der Waals surface area contributed by atoms with Gasteiger partial charge in [0.15, 0.2) is 0 Å². The molecule has 0 saturated carbocycles. The van der Waals surface area contributed by atoms with Crippen LogP contribution in [0.3, 0.4) is 0 Å². The van der Waals surface area contributed by atoms with E-state index < -0.39 is 0 Å². The predicted molar refractivity (Wildman–Crippen MR) is 60.5 cm³/mol. The highest BCUT2D eigenvalue weighted by Gasteiger charge is 1.95. The van der Waals surface area contributed by atoms with Crippen LogP contribution in [0.5, 0.6) is 5.88 Å². The van der Waals surface area contributed by atoms with Crippen LogP contribution in [-0.4, -0.2) is 24.8 Å². The van der Waals surface area contributed by atoms with Crippen molar-refractivity contribution in [3.05, 3.63) is 23.4 Å². The number of unbranched alkanes of at least 4 members (excludes halogenated alkanes) is 1. The van der Waals surface area contributed by atoms with Crippen LogP contribution in [0.4, 0.5) is 0 Å². The molecule has 0 unspecified atom stereocenters. The number of nitrogens with zero attached hydrogens (tertiary/aromatic N) is 1. The molecule has 15 heavy (non-hydrogen) atoms. The van der Waals surface area contributed by atoms with E-state index in [0.29, 0.717) is 24.1 Å². The molecule has 0 saturated heterocycles. The van der Waals surface area contributed by atoms with Crippen molar-refractivity contribution in [2.24, 2.45) is 0 Å². The number of hydrogen-bond acceptors (Lipinski definition) is 3. The molecule has 3 nitrogen and oxygen atoms in total. The number of ether oxygens (including phenoxy) is 2. The third-order valence-corrected chi connectivity index (χ3v) is 2.04. The number of hydrogen-bond donors (Lipinski definition) is 0. The Morgan fingerprint density at radius 2 is 2.13 bits per heavy atom. The molecular formula is C11H16ClNO2. The Hall–Kier alpha value is -0.800. The number of aromatic nitrogens is 1. The van der Waals surface area contributed by atoms with Crippen LogP contribution >= 0.6 is 11.6 Å². The summed E-state index contributed by atoms with van der Waals surface area (Å²) >= 11 is 5.69. The largest absolute Gasteiger partial charge is 0.475 e. The standard InChI is InChI=1S/C11H16ClNO2/c1-2-3-6-14-7-8-15-11-5-4-10(12)9-13-11/h4-5,9H,2-3,6-8H2,1H3. The summed E-state index contributed by atoms with van der Waals surface area (Å²) in [5.74, 6) is 0.582. The minimum Gasteiger partial charge on any atom is -0.475 e. The molecule has 0 fully saturated rings. The fourth-order valence-corrected chi connectivity index (χ4v) is 1.11. The van der Waals surface area contributed by atoms with Gasteiger partial charge in [0.1, 0.15) is 6.61 Å². The van der Waals surface area contributed by atoms with Gasteiger partial charge in [-0.15, -0.1) is 0 Å². The highest BCUT2D eigenvalue weighted by atomic mass is 35.5. The summed E-state index contributed by atoms with van der Waals surface area (Å²) in [5, 5.41) is 0.613. The summed E-state index contributed by atoms with van der Waals surface area (Å²) in [5.41, 5.74) is 0. The summed E-state index contributed by atoms with van der Waals surface area (Å²) < 4.78 is 10.7. The third-order valence-electron chi connectivity index (χ3n) is 1.82. The molecule has 0 spiro atoms. The summed E-state index contributed by atoms with van der Waals surface area (Å²) in [6.07, 6.45) is 3.81. The zero-order valence-corrected chi connectivity index (χ0v) is 9.67. The average molecular weight is 230 g/mol. The van der Waals surface area contributed by atoms with Crippen LogP contribution in [0.2, 0.25) is 5.02 Å². The zero-order chi connectivity index (χ0) is 10.9. The predicted octanol–water partition coefficient (Wildman–Crippen LogP) is 2.93. The molecule has 4 heteroatoms. The maximum absolute atomic E-state index is 5.69. The van der Waals surface area contributed by atoms with Crippen molar-refractivity contribution in [2.45, 2.75) is 19.8 Å². The lowest BCUT2D eigenvalue weighted by Gasteiger charge is -2.05. The normalized spacial score (nSPS) is 10.3. The quantitative estimate of drug-likeness (QED) is 0.674. The molecule has 1 aromatic rings. The Morgan fingerprint density at radius 3 is 2.80 bits per heavy atom. The van der Waals surface area contributed by atoms with Gasteiger partial charge in [0, 0.05) is 18.9 Å². The first-order chi connectivity index (χ1) is 7.33. The van der Waals surface area contributed by atoms with Gasteiger partial charge < -0.3 is 9.47 Å². The molecular weight excluding hydrogens is 214 g/mol. The van der Waals surface area contributed by atoms with Gasteiger partial charge in [-0.1, -0.05) is 24.9 Å². The van der Waals surface area contributed by atoms with Crippen LogP contribution < -0.4 is 4.74 Å². The number of halogens is 1. The van der Waals surface area contributed by atoms with Crippen LogP contribution in [0.15, 0.2) is 18.3 Å². The van der Waals surface area contributed by atoms with Crippen LogP contribution in [0.25, 0.3) is 0 Å². The van der Waals surface area contributed by atoms with E-state index in [1.165, 1.54) is 0 Å². The van der Waals surface area contributed by atoms with Crippen molar-refractivity contribution >= 4 is 11.6 Å². The van der Waals surface area contributed by atoms with Crippen LogP contribution in [0.1, 0.15) is 19.8 Å². The van der Waals surface area contributed by atoms with Crippen molar-refractivity contribution in [3.63, 3.8) is 0 Å². The fraction of sp³-hybridized carbons (Fsp3) is 0.545. The minimum absolute atomic E-state index is 0.526. The average Bonchev–Trinajstić information content (AvgIpc) is 2.26. The van der Waals surface area contributed by atoms with Gasteiger partial charge in [-0.3, -0.25) is 0 Å². The third kappa shape index (κ3) is 5.60. The molecule has 0 atom stereocenters. The summed E-state index contributed by atoms with van der Waals surface area (Å²) in [6.45, 7) is 4.06. The molecule has 1 rings (SSSR count). The minimum atomic E-state index is 0.526. The molecule has 0 bridgehead atoms. The van der Waals surface area contributed by atoms with E-state index in [2.05, 4.69) is 11.9 Å². The van der Waals surface area contributed by atoms with Gasteiger partial charge in [-0.25, -0.2) is 4.98 Å². The summed E-state index contributed by atoms with van der Waals surface area (Å²) in [7, 11) is 0. The Bertz CT molecular complexity index is 264. The lowest BCUT2D eigenvalue weighted by atomic mass is 10.4. The maximum atomic E-state index is 5.69. The topological polar surface area (TPSA) is 31.4 Å². The molecule has 0 aliphatic rings. The van der Waals surface area contributed by atoms with Gasteiger partial charge in [-0.05, 0) is 12.5 Å². The molecule has 0 amide bonds. The molecule has 0 aliphatic heterocycles. The first-order valence-corrected chi connectivity index (χ1v) is 5.53. The maximum Gasteiger partial charge on any atom is 0.213 e. The first-order valence-electron chi connectivity index (χ1n) is 5.15. The Labute approximate surface area is 95.4 Å². The van der Waals surface area contributed by atoms with E-state index in [1.807, 2.05) is 0 Å². The van der Waals surface area contributed by atoms with Gasteiger partial charge in [0.2, 0.25) is 5.88 Å². The van der Waals surface area contributed by atoms with E-state index in [0.717, 1.165) is 19.4 Å². The highest BCUT2D eigenvalue weighted by Crippen LogP contribution is 2.10. The number of pyridine rings is 1. The van der Waals surface area contributed by atoms with E-state index >= 15 is 0 Å². The Kier molecular flexibility index (Phi) is 6.12. The SMILES string of the molecule is CCCCOCCOc1ccc(Cl)cn1. The van der Waals surface area contributed by atoms with Crippen LogP contribution in [0, 0.1) is 0 Å². The molecule has 1 heterocycles. The smallest absolute Gasteiger partial charge is 0.213 e. The van der Waals surface area contributed by atoms with Gasteiger partial charge in [0.25, 0.3) is 0 Å². The van der Waals surface area contributed by atoms with Gasteiger partial charge in [-0.2, -0.15) is 0 Å². The summed E-state index contributed by atoms with van der Waals surface area (Å²) in [6, 6.07) is 3.50. The van der Waals surface area contributed by atoms with E-state index in [4.69, 9.17) is 21.1 Å². The van der Waals surface area contributed by atoms with E-state index in [1.54, 1.807) is 18.3 Å². The van der Waals surface area contributed by atoms with Crippen molar-refractivity contribution in [2.75, 3.05) is 19.8 Å². The van der Waals surface area contributed by atoms with Crippen LogP contribution in [-0.2, 0) is 4.74 Å². The molecule has 0 aromatic carbocycles. The van der Waals surface area contributed by atoms with Crippen molar-refractivity contribution in [3.8, 4) is 5.88 Å². The first kappa shape index (κ1) is 12.3. The Morgan fingerprint density at radius 1 is 1.27 bits per heavy atom. The number of rotatable bonds is 7. The monoisotopic (exact) mass is 229 g/mol. The van der Waals surface area contributed by atoms with E-state index in [9.17, 15) is 0 Å². The van der Waals surface area contributed by atoms with Gasteiger partial charge in [0.05, 0.1) is 11.6 Å². The van der Waals surface area contributed by atoms with Crippen molar-refractivity contribution < 1.29 is 9.47 Å². The summed E-state index contributed by atoms with van der Waals surface area (Å²) in [4.78, 5) is 4.00. The lowest BCUT2D eigenvalue weighted by molar-refractivity contribution is 0.0965.